The minimum Gasteiger partial charge on any atom is -0.386 e. The van der Waals surface area contributed by atoms with Crippen molar-refractivity contribution >= 4 is 6.41 Å². The van der Waals surface area contributed by atoms with E-state index in [4.69, 9.17) is 0 Å². The first-order chi connectivity index (χ1) is 6.15. The molecule has 0 aliphatic heterocycles. The van der Waals surface area contributed by atoms with Crippen molar-refractivity contribution in [1.29, 1.82) is 0 Å². The van der Waals surface area contributed by atoms with Gasteiger partial charge in [-0.05, 0) is 26.0 Å². The number of carbonyl (C=O) groups excluding carboxylic acids is 1. The molecular formula is C10H16N2O. The second kappa shape index (κ2) is 6.06. The molecule has 0 spiro atoms. The van der Waals surface area contributed by atoms with E-state index in [0.717, 1.165) is 11.3 Å². The Morgan fingerprint density at radius 2 is 1.92 bits per heavy atom. The van der Waals surface area contributed by atoms with E-state index in [9.17, 15) is 4.79 Å². The normalized spacial score (nSPS) is 11.0. The quantitative estimate of drug-likeness (QED) is 0.495. The topological polar surface area (TPSA) is 41.1 Å². The van der Waals surface area contributed by atoms with Gasteiger partial charge >= 0.3 is 0 Å². The summed E-state index contributed by atoms with van der Waals surface area (Å²) >= 11 is 0. The molecule has 0 heterocycles. The van der Waals surface area contributed by atoms with Crippen molar-refractivity contribution in [2.75, 3.05) is 7.05 Å². The molecule has 72 valence electrons. The second-order valence-corrected chi connectivity index (χ2v) is 2.77. The third-order valence-electron chi connectivity index (χ3n) is 1.41. The SMILES string of the molecule is C=C/C(NC=O)=C(\C=C(C)C)NC. The highest BCUT2D eigenvalue weighted by Crippen LogP contribution is 2.03. The Hall–Kier alpha value is -1.51. The fourth-order valence-electron chi connectivity index (χ4n) is 0.883. The lowest BCUT2D eigenvalue weighted by Crippen LogP contribution is -2.16. The molecule has 0 radical (unpaired) electrons. The summed E-state index contributed by atoms with van der Waals surface area (Å²) in [6.07, 6.45) is 4.17. The summed E-state index contributed by atoms with van der Waals surface area (Å²) < 4.78 is 0. The van der Waals surface area contributed by atoms with Gasteiger partial charge in [-0.1, -0.05) is 12.2 Å². The van der Waals surface area contributed by atoms with Gasteiger partial charge in [-0.15, -0.1) is 0 Å². The molecule has 1 amide bonds. The van der Waals surface area contributed by atoms with Crippen molar-refractivity contribution in [1.82, 2.24) is 10.6 Å². The largest absolute Gasteiger partial charge is 0.386 e. The van der Waals surface area contributed by atoms with Crippen LogP contribution in [0.5, 0.6) is 0 Å². The van der Waals surface area contributed by atoms with Crippen LogP contribution in [-0.4, -0.2) is 13.5 Å². The first-order valence-electron chi connectivity index (χ1n) is 4.05. The highest BCUT2D eigenvalue weighted by molar-refractivity contribution is 5.53. The number of rotatable bonds is 5. The van der Waals surface area contributed by atoms with Crippen LogP contribution >= 0.6 is 0 Å². The van der Waals surface area contributed by atoms with E-state index in [0.29, 0.717) is 12.1 Å². The summed E-state index contributed by atoms with van der Waals surface area (Å²) in [5.41, 5.74) is 2.68. The van der Waals surface area contributed by atoms with Crippen LogP contribution in [0.2, 0.25) is 0 Å². The van der Waals surface area contributed by atoms with Crippen LogP contribution < -0.4 is 10.6 Å². The molecule has 0 saturated carbocycles. The predicted octanol–water partition coefficient (Wildman–Crippen LogP) is 1.32. The number of carbonyl (C=O) groups is 1. The van der Waals surface area contributed by atoms with Crippen molar-refractivity contribution in [3.8, 4) is 0 Å². The minimum atomic E-state index is 0.632. The molecule has 0 aromatic rings. The summed E-state index contributed by atoms with van der Waals surface area (Å²) in [6, 6.07) is 0. The monoisotopic (exact) mass is 180 g/mol. The van der Waals surface area contributed by atoms with Crippen molar-refractivity contribution in [3.05, 3.63) is 35.7 Å². The average molecular weight is 180 g/mol. The Morgan fingerprint density at radius 1 is 1.31 bits per heavy atom. The van der Waals surface area contributed by atoms with E-state index >= 15 is 0 Å². The first-order valence-corrected chi connectivity index (χ1v) is 4.05. The summed E-state index contributed by atoms with van der Waals surface area (Å²) in [4.78, 5) is 10.2. The van der Waals surface area contributed by atoms with Gasteiger partial charge in [-0.25, -0.2) is 0 Å². The number of hydrogen-bond acceptors (Lipinski definition) is 2. The molecule has 13 heavy (non-hydrogen) atoms. The molecule has 0 unspecified atom stereocenters. The van der Waals surface area contributed by atoms with Gasteiger partial charge in [0, 0.05) is 7.05 Å². The van der Waals surface area contributed by atoms with Gasteiger partial charge in [-0.3, -0.25) is 4.79 Å². The third kappa shape index (κ3) is 4.15. The van der Waals surface area contributed by atoms with Gasteiger partial charge in [0.25, 0.3) is 0 Å². The lowest BCUT2D eigenvalue weighted by Gasteiger charge is -2.07. The maximum absolute atomic E-state index is 10.2. The van der Waals surface area contributed by atoms with Crippen molar-refractivity contribution in [3.63, 3.8) is 0 Å². The van der Waals surface area contributed by atoms with Crippen molar-refractivity contribution < 1.29 is 4.79 Å². The Balaban J connectivity index is 4.92. The van der Waals surface area contributed by atoms with Gasteiger partial charge in [0.1, 0.15) is 0 Å². The highest BCUT2D eigenvalue weighted by Gasteiger charge is 1.97. The minimum absolute atomic E-state index is 0.632. The van der Waals surface area contributed by atoms with Crippen molar-refractivity contribution in [2.45, 2.75) is 13.8 Å². The molecule has 0 fully saturated rings. The Bertz CT molecular complexity index is 248. The third-order valence-corrected chi connectivity index (χ3v) is 1.41. The molecular weight excluding hydrogens is 164 g/mol. The van der Waals surface area contributed by atoms with Gasteiger partial charge in [0.2, 0.25) is 6.41 Å². The Morgan fingerprint density at radius 3 is 2.23 bits per heavy atom. The molecule has 3 nitrogen and oxygen atoms in total. The zero-order chi connectivity index (χ0) is 10.3. The summed E-state index contributed by atoms with van der Waals surface area (Å²) in [7, 11) is 1.80. The van der Waals surface area contributed by atoms with Crippen LogP contribution in [0, 0.1) is 0 Å². The summed E-state index contributed by atoms with van der Waals surface area (Å²) in [6.45, 7) is 7.58. The fraction of sp³-hybridized carbons (Fsp3) is 0.300. The van der Waals surface area contributed by atoms with Crippen LogP contribution in [0.1, 0.15) is 13.8 Å². The van der Waals surface area contributed by atoms with E-state index < -0.39 is 0 Å². The lowest BCUT2D eigenvalue weighted by molar-refractivity contribution is -0.108. The van der Waals surface area contributed by atoms with E-state index in [1.807, 2.05) is 19.9 Å². The van der Waals surface area contributed by atoms with Crippen LogP contribution in [-0.2, 0) is 4.79 Å². The molecule has 0 rings (SSSR count). The molecule has 0 atom stereocenters. The molecule has 0 saturated heterocycles. The molecule has 3 heteroatoms. The zero-order valence-corrected chi connectivity index (χ0v) is 8.35. The average Bonchev–Trinajstić information content (AvgIpc) is 2.10. The molecule has 0 bridgehead atoms. The molecule has 2 N–H and O–H groups in total. The van der Waals surface area contributed by atoms with Gasteiger partial charge < -0.3 is 10.6 Å². The zero-order valence-electron chi connectivity index (χ0n) is 8.35. The predicted molar refractivity (Wildman–Crippen MR) is 54.9 cm³/mol. The van der Waals surface area contributed by atoms with E-state index in [1.165, 1.54) is 0 Å². The van der Waals surface area contributed by atoms with Crippen LogP contribution in [0.25, 0.3) is 0 Å². The molecule has 0 aromatic carbocycles. The standard InChI is InChI=1S/C10H16N2O/c1-5-9(12-7-13)10(11-4)6-8(2)3/h5-7,11H,1H2,2-4H3,(H,12,13)/b10-9-. The Kier molecular flexibility index (Phi) is 5.35. The Labute approximate surface area is 79.2 Å². The number of nitrogens with one attached hydrogen (secondary N) is 2. The molecule has 0 aliphatic rings. The van der Waals surface area contributed by atoms with Gasteiger partial charge in [-0.2, -0.15) is 0 Å². The first kappa shape index (κ1) is 11.5. The second-order valence-electron chi connectivity index (χ2n) is 2.77. The van der Waals surface area contributed by atoms with E-state index in [2.05, 4.69) is 17.2 Å². The van der Waals surface area contributed by atoms with Crippen LogP contribution in [0.15, 0.2) is 35.7 Å². The smallest absolute Gasteiger partial charge is 0.211 e. The molecule has 0 aliphatic carbocycles. The summed E-state index contributed by atoms with van der Waals surface area (Å²) in [5.74, 6) is 0. The molecule has 0 aromatic heterocycles. The van der Waals surface area contributed by atoms with Gasteiger partial charge in [0.15, 0.2) is 0 Å². The van der Waals surface area contributed by atoms with Crippen LogP contribution in [0.4, 0.5) is 0 Å². The van der Waals surface area contributed by atoms with Crippen molar-refractivity contribution in [2.24, 2.45) is 0 Å². The number of amides is 1. The number of hydrogen-bond donors (Lipinski definition) is 2. The van der Waals surface area contributed by atoms with Gasteiger partial charge in [0.05, 0.1) is 11.4 Å². The van der Waals surface area contributed by atoms with Crippen LogP contribution in [0.3, 0.4) is 0 Å². The van der Waals surface area contributed by atoms with E-state index in [-0.39, 0.29) is 0 Å². The maximum atomic E-state index is 10.2. The highest BCUT2D eigenvalue weighted by atomic mass is 16.1. The fourth-order valence-corrected chi connectivity index (χ4v) is 0.883. The number of likely N-dealkylation sites (N-methyl/N-ethyl adjacent to an activating group) is 1. The lowest BCUT2D eigenvalue weighted by atomic mass is 10.2. The van der Waals surface area contributed by atoms with E-state index in [1.54, 1.807) is 13.1 Å². The maximum Gasteiger partial charge on any atom is 0.211 e. The number of allylic oxidation sites excluding steroid dienone is 3. The summed E-state index contributed by atoms with van der Waals surface area (Å²) in [5, 5.41) is 5.54.